The van der Waals surface area contributed by atoms with Crippen molar-refractivity contribution < 1.29 is 28.7 Å². The predicted molar refractivity (Wildman–Crippen MR) is 173 cm³/mol. The van der Waals surface area contributed by atoms with Crippen LogP contribution in [0.3, 0.4) is 0 Å². The number of likely N-dealkylation sites (tertiary alicyclic amines) is 1. The maximum Gasteiger partial charge on any atom is 0.246 e. The van der Waals surface area contributed by atoms with Gasteiger partial charge in [-0.15, -0.1) is 11.3 Å². The van der Waals surface area contributed by atoms with Crippen molar-refractivity contribution in [1.82, 2.24) is 25.8 Å². The molecule has 45 heavy (non-hydrogen) atoms. The summed E-state index contributed by atoms with van der Waals surface area (Å²) in [5, 5.41) is 8.54. The molecule has 2 atom stereocenters. The molecule has 1 fully saturated rings. The van der Waals surface area contributed by atoms with Crippen molar-refractivity contribution in [3.63, 3.8) is 0 Å². The van der Waals surface area contributed by atoms with Gasteiger partial charge in [-0.05, 0) is 36.3 Å². The number of hydrogen-bond donors (Lipinski definition) is 4. The average molecular weight is 645 g/mol. The molecule has 3 rings (SSSR count). The van der Waals surface area contributed by atoms with E-state index in [1.165, 1.54) is 0 Å². The van der Waals surface area contributed by atoms with Crippen molar-refractivity contribution in [2.45, 2.75) is 72.0 Å². The number of carbonyl (C=O) groups is 4. The molecule has 0 spiro atoms. The lowest BCUT2D eigenvalue weighted by atomic mass is 9.85. The molecular formula is C32H48N6O6S. The van der Waals surface area contributed by atoms with E-state index in [4.69, 9.17) is 15.2 Å². The minimum atomic E-state index is -0.848. The lowest BCUT2D eigenvalue weighted by Gasteiger charge is -2.35. The highest BCUT2D eigenvalue weighted by molar-refractivity contribution is 7.13. The molecule has 0 saturated carbocycles. The topological polar surface area (TPSA) is 165 Å². The van der Waals surface area contributed by atoms with Crippen LogP contribution in [0.1, 0.15) is 57.7 Å². The SMILES string of the molecule is Cc1ncsc1-c1ccc(CNC(=O)[C@@H]2CCCN2C(=O)[C@@H](NC(=O)CCC(=O)NCCOCCOCCN)C(C)(C)C)cc1. The van der Waals surface area contributed by atoms with Crippen molar-refractivity contribution in [1.29, 1.82) is 0 Å². The Balaban J connectivity index is 1.46. The Bertz CT molecular complexity index is 1260. The summed E-state index contributed by atoms with van der Waals surface area (Å²) in [6.07, 6.45) is 1.17. The number of rotatable bonds is 17. The molecule has 0 bridgehead atoms. The standard InChI is InChI=1S/C32H48N6O6S/c1-22-28(45-21-36-22)24-9-7-23(8-10-24)20-35-30(41)25-6-5-15-38(25)31(42)29(32(2,3)4)37-27(40)12-11-26(39)34-14-17-44-19-18-43-16-13-33/h7-10,21,25,29H,5-6,11-20,33H2,1-4H3,(H,34,39)(H,35,41)(H,37,40)/t25-,29+/m0/s1. The molecule has 1 aromatic carbocycles. The minimum absolute atomic E-state index is 0.0178. The Morgan fingerprint density at radius 2 is 1.71 bits per heavy atom. The number of amides is 4. The molecule has 1 aromatic heterocycles. The van der Waals surface area contributed by atoms with Crippen LogP contribution in [-0.4, -0.2) is 91.7 Å². The van der Waals surface area contributed by atoms with Gasteiger partial charge in [0.25, 0.3) is 0 Å². The number of nitrogens with zero attached hydrogens (tertiary/aromatic N) is 2. The van der Waals surface area contributed by atoms with E-state index in [2.05, 4.69) is 20.9 Å². The fraction of sp³-hybridized carbons (Fsp3) is 0.594. The van der Waals surface area contributed by atoms with Crippen molar-refractivity contribution in [2.24, 2.45) is 11.1 Å². The third kappa shape index (κ3) is 11.5. The maximum absolute atomic E-state index is 13.7. The van der Waals surface area contributed by atoms with Crippen LogP contribution in [0.15, 0.2) is 29.8 Å². The Morgan fingerprint density at radius 3 is 2.36 bits per heavy atom. The second-order valence-electron chi connectivity index (χ2n) is 12.1. The summed E-state index contributed by atoms with van der Waals surface area (Å²) in [6, 6.07) is 6.54. The molecule has 4 amide bonds. The Kier molecular flexibility index (Phi) is 14.4. The molecule has 12 nitrogen and oxygen atoms in total. The Hall–Kier alpha value is -3.39. The molecule has 2 heterocycles. The number of carbonyl (C=O) groups excluding carboxylic acids is 4. The number of nitrogens with one attached hydrogen (secondary N) is 3. The third-order valence-corrected chi connectivity index (χ3v) is 8.44. The van der Waals surface area contributed by atoms with Crippen LogP contribution >= 0.6 is 11.3 Å². The molecule has 13 heteroatoms. The number of nitrogens with two attached hydrogens (primary N) is 1. The summed E-state index contributed by atoms with van der Waals surface area (Å²) in [6.45, 7) is 10.8. The number of thiazole rings is 1. The van der Waals surface area contributed by atoms with Gasteiger partial charge in [-0.3, -0.25) is 19.2 Å². The summed E-state index contributed by atoms with van der Waals surface area (Å²) in [5.41, 5.74) is 9.59. The van der Waals surface area contributed by atoms with E-state index in [1.54, 1.807) is 16.2 Å². The van der Waals surface area contributed by atoms with Crippen LogP contribution < -0.4 is 21.7 Å². The molecule has 0 unspecified atom stereocenters. The Labute approximate surface area is 269 Å². The second kappa shape index (κ2) is 17.9. The molecule has 1 aliphatic heterocycles. The van der Waals surface area contributed by atoms with E-state index in [0.717, 1.165) is 21.7 Å². The van der Waals surface area contributed by atoms with Gasteiger partial charge in [0.1, 0.15) is 12.1 Å². The van der Waals surface area contributed by atoms with Gasteiger partial charge in [-0.2, -0.15) is 0 Å². The van der Waals surface area contributed by atoms with Gasteiger partial charge in [0.2, 0.25) is 23.6 Å². The van der Waals surface area contributed by atoms with Crippen LogP contribution in [-0.2, 0) is 35.2 Å². The average Bonchev–Trinajstić information content (AvgIpc) is 3.68. The number of hydrogen-bond acceptors (Lipinski definition) is 9. The highest BCUT2D eigenvalue weighted by atomic mass is 32.1. The summed E-state index contributed by atoms with van der Waals surface area (Å²) in [5.74, 6) is -1.19. The van der Waals surface area contributed by atoms with Gasteiger partial charge in [-0.1, -0.05) is 45.0 Å². The predicted octanol–water partition coefficient (Wildman–Crippen LogP) is 2.14. The molecule has 248 valence electrons. The molecule has 2 aromatic rings. The number of aromatic nitrogens is 1. The second-order valence-corrected chi connectivity index (χ2v) is 13.0. The van der Waals surface area contributed by atoms with E-state index in [1.807, 2.05) is 57.5 Å². The van der Waals surface area contributed by atoms with Gasteiger partial charge in [0.05, 0.1) is 42.5 Å². The van der Waals surface area contributed by atoms with Crippen LogP contribution in [0.4, 0.5) is 0 Å². The largest absolute Gasteiger partial charge is 0.378 e. The zero-order valence-electron chi connectivity index (χ0n) is 26.9. The zero-order valence-corrected chi connectivity index (χ0v) is 27.7. The number of ether oxygens (including phenoxy) is 2. The number of aryl methyl sites for hydroxylation is 1. The van der Waals surface area contributed by atoms with Gasteiger partial charge in [0.15, 0.2) is 0 Å². The van der Waals surface area contributed by atoms with E-state index in [9.17, 15) is 19.2 Å². The highest BCUT2D eigenvalue weighted by Gasteiger charge is 2.41. The number of benzene rings is 1. The van der Waals surface area contributed by atoms with Gasteiger partial charge in [-0.25, -0.2) is 4.98 Å². The first-order valence-electron chi connectivity index (χ1n) is 15.5. The van der Waals surface area contributed by atoms with E-state index >= 15 is 0 Å². The van der Waals surface area contributed by atoms with Crippen molar-refractivity contribution in [3.8, 4) is 10.4 Å². The van der Waals surface area contributed by atoms with Gasteiger partial charge >= 0.3 is 0 Å². The third-order valence-electron chi connectivity index (χ3n) is 7.47. The van der Waals surface area contributed by atoms with Crippen LogP contribution in [0.25, 0.3) is 10.4 Å². The molecule has 5 N–H and O–H groups in total. The van der Waals surface area contributed by atoms with Crippen molar-refractivity contribution in [2.75, 3.05) is 46.1 Å². The van der Waals surface area contributed by atoms with Crippen LogP contribution in [0, 0.1) is 12.3 Å². The van der Waals surface area contributed by atoms with Crippen molar-refractivity contribution >= 4 is 35.0 Å². The minimum Gasteiger partial charge on any atom is -0.378 e. The monoisotopic (exact) mass is 644 g/mol. The van der Waals surface area contributed by atoms with E-state index in [-0.39, 0.29) is 30.6 Å². The van der Waals surface area contributed by atoms with Gasteiger partial charge < -0.3 is 36.1 Å². The zero-order chi connectivity index (χ0) is 32.8. The molecule has 1 saturated heterocycles. The van der Waals surface area contributed by atoms with Crippen molar-refractivity contribution in [3.05, 3.63) is 41.0 Å². The maximum atomic E-state index is 13.7. The van der Waals surface area contributed by atoms with E-state index < -0.39 is 23.4 Å². The quantitative estimate of drug-likeness (QED) is 0.190. The summed E-state index contributed by atoms with van der Waals surface area (Å²) in [4.78, 5) is 59.0. The first-order chi connectivity index (χ1) is 21.5. The van der Waals surface area contributed by atoms with Crippen LogP contribution in [0.2, 0.25) is 0 Å². The summed E-state index contributed by atoms with van der Waals surface area (Å²) in [7, 11) is 0. The molecule has 1 aliphatic rings. The summed E-state index contributed by atoms with van der Waals surface area (Å²) >= 11 is 1.59. The molecular weight excluding hydrogens is 596 g/mol. The van der Waals surface area contributed by atoms with E-state index in [0.29, 0.717) is 65.4 Å². The molecule has 0 aliphatic carbocycles. The lowest BCUT2D eigenvalue weighted by Crippen LogP contribution is -2.57. The first kappa shape index (κ1) is 36.1. The lowest BCUT2D eigenvalue weighted by molar-refractivity contribution is -0.144. The Morgan fingerprint density at radius 1 is 1.02 bits per heavy atom. The summed E-state index contributed by atoms with van der Waals surface area (Å²) < 4.78 is 10.6. The normalized spacial score (nSPS) is 15.5. The smallest absolute Gasteiger partial charge is 0.246 e. The van der Waals surface area contributed by atoms with Gasteiger partial charge in [0, 0.05) is 39.0 Å². The fourth-order valence-corrected chi connectivity index (χ4v) is 5.81. The molecule has 0 radical (unpaired) electrons. The van der Waals surface area contributed by atoms with Crippen LogP contribution in [0.5, 0.6) is 0 Å². The highest BCUT2D eigenvalue weighted by Crippen LogP contribution is 2.28. The fourth-order valence-electron chi connectivity index (χ4n) is 4.99. The first-order valence-corrected chi connectivity index (χ1v) is 16.4.